The van der Waals surface area contributed by atoms with Gasteiger partial charge in [-0.2, -0.15) is 0 Å². The third kappa shape index (κ3) is 3.19. The number of ether oxygens (including phenoxy) is 2. The zero-order valence-corrected chi connectivity index (χ0v) is 12.2. The summed E-state index contributed by atoms with van der Waals surface area (Å²) in [5.74, 6) is 1.39. The molecule has 4 nitrogen and oxygen atoms in total. The van der Waals surface area contributed by atoms with E-state index < -0.39 is 0 Å². The fourth-order valence-corrected chi connectivity index (χ4v) is 3.10. The fourth-order valence-electron chi connectivity index (χ4n) is 2.81. The number of rotatable bonds is 3. The van der Waals surface area contributed by atoms with Crippen molar-refractivity contribution in [2.45, 2.75) is 44.4 Å². The lowest BCUT2D eigenvalue weighted by Gasteiger charge is -2.26. The van der Waals surface area contributed by atoms with Crippen LogP contribution in [0.3, 0.4) is 0 Å². The second-order valence-electron chi connectivity index (χ2n) is 5.49. The van der Waals surface area contributed by atoms with Crippen LogP contribution in [0.15, 0.2) is 12.1 Å². The Morgan fingerprint density at radius 1 is 1.15 bits per heavy atom. The van der Waals surface area contributed by atoms with Crippen molar-refractivity contribution >= 4 is 11.6 Å². The highest BCUT2D eigenvalue weighted by Gasteiger charge is 2.20. The zero-order chi connectivity index (χ0) is 13.9. The Hall–Kier alpha value is -0.970. The van der Waals surface area contributed by atoms with E-state index in [1.165, 1.54) is 0 Å². The van der Waals surface area contributed by atoms with Gasteiger partial charge in [0.05, 0.1) is 11.1 Å². The molecule has 1 heterocycles. The van der Waals surface area contributed by atoms with E-state index in [1.807, 2.05) is 12.1 Å². The van der Waals surface area contributed by atoms with Crippen molar-refractivity contribution in [3.8, 4) is 11.5 Å². The SMILES string of the molecule is OC1CCC(NCc2cc(Cl)c3c(c2)OCCO3)CC1. The molecule has 0 unspecified atom stereocenters. The lowest BCUT2D eigenvalue weighted by molar-refractivity contribution is 0.116. The molecule has 1 fully saturated rings. The first-order valence-corrected chi connectivity index (χ1v) is 7.59. The molecule has 0 atom stereocenters. The normalized spacial score (nSPS) is 25.5. The van der Waals surface area contributed by atoms with Crippen molar-refractivity contribution < 1.29 is 14.6 Å². The first-order valence-electron chi connectivity index (χ1n) is 7.22. The minimum absolute atomic E-state index is 0.114. The van der Waals surface area contributed by atoms with E-state index >= 15 is 0 Å². The number of aliphatic hydroxyl groups excluding tert-OH is 1. The molecule has 0 aromatic heterocycles. The van der Waals surface area contributed by atoms with Crippen LogP contribution in [0.1, 0.15) is 31.2 Å². The monoisotopic (exact) mass is 297 g/mol. The Labute approximate surface area is 124 Å². The smallest absolute Gasteiger partial charge is 0.179 e. The van der Waals surface area contributed by atoms with E-state index in [1.54, 1.807) is 0 Å². The summed E-state index contributed by atoms with van der Waals surface area (Å²) in [6.45, 7) is 1.88. The van der Waals surface area contributed by atoms with E-state index in [2.05, 4.69) is 5.32 Å². The Bertz CT molecular complexity index is 472. The van der Waals surface area contributed by atoms with Gasteiger partial charge in [0.15, 0.2) is 11.5 Å². The van der Waals surface area contributed by atoms with Gasteiger partial charge in [-0.15, -0.1) is 0 Å². The molecule has 0 amide bonds. The first-order chi connectivity index (χ1) is 9.72. The average molecular weight is 298 g/mol. The molecule has 1 aromatic rings. The number of aliphatic hydroxyl groups is 1. The van der Waals surface area contributed by atoms with Gasteiger partial charge in [0.25, 0.3) is 0 Å². The van der Waals surface area contributed by atoms with Crippen LogP contribution < -0.4 is 14.8 Å². The van der Waals surface area contributed by atoms with Crippen LogP contribution in [0.5, 0.6) is 11.5 Å². The van der Waals surface area contributed by atoms with Crippen LogP contribution >= 0.6 is 11.6 Å². The van der Waals surface area contributed by atoms with Gasteiger partial charge in [-0.25, -0.2) is 0 Å². The molecule has 5 heteroatoms. The van der Waals surface area contributed by atoms with Gasteiger partial charge in [0.1, 0.15) is 13.2 Å². The number of halogens is 1. The summed E-state index contributed by atoms with van der Waals surface area (Å²) < 4.78 is 11.1. The standard InChI is InChI=1S/C15H20ClNO3/c16-13-7-10(8-14-15(13)20-6-5-19-14)9-17-11-1-3-12(18)4-2-11/h7-8,11-12,17-18H,1-6,9H2. The molecule has 20 heavy (non-hydrogen) atoms. The molecule has 0 bridgehead atoms. The summed E-state index contributed by atoms with van der Waals surface area (Å²) >= 11 is 6.22. The third-order valence-corrected chi connectivity index (χ3v) is 4.23. The van der Waals surface area contributed by atoms with Crippen LogP contribution in [-0.2, 0) is 6.54 Å². The molecular weight excluding hydrogens is 278 g/mol. The maximum atomic E-state index is 9.51. The topological polar surface area (TPSA) is 50.7 Å². The van der Waals surface area contributed by atoms with Crippen molar-refractivity contribution in [1.29, 1.82) is 0 Å². The molecule has 1 saturated carbocycles. The third-order valence-electron chi connectivity index (χ3n) is 3.95. The van der Waals surface area contributed by atoms with Crippen molar-refractivity contribution in [3.63, 3.8) is 0 Å². The van der Waals surface area contributed by atoms with Crippen molar-refractivity contribution in [2.24, 2.45) is 0 Å². The lowest BCUT2D eigenvalue weighted by atomic mass is 9.93. The summed E-state index contributed by atoms with van der Waals surface area (Å²) in [5, 5.41) is 13.6. The second kappa shape index (κ2) is 6.20. The fraction of sp³-hybridized carbons (Fsp3) is 0.600. The largest absolute Gasteiger partial charge is 0.486 e. The quantitative estimate of drug-likeness (QED) is 0.900. The van der Waals surface area contributed by atoms with E-state index in [0.29, 0.717) is 30.0 Å². The van der Waals surface area contributed by atoms with E-state index in [-0.39, 0.29) is 6.10 Å². The molecule has 1 aromatic carbocycles. The van der Waals surface area contributed by atoms with Gasteiger partial charge in [-0.1, -0.05) is 11.6 Å². The minimum atomic E-state index is -0.114. The summed E-state index contributed by atoms with van der Waals surface area (Å²) in [4.78, 5) is 0. The molecule has 3 rings (SSSR count). The maximum absolute atomic E-state index is 9.51. The number of nitrogens with one attached hydrogen (secondary N) is 1. The Kier molecular flexibility index (Phi) is 4.34. The maximum Gasteiger partial charge on any atom is 0.179 e. The Balaban J connectivity index is 1.61. The summed E-state index contributed by atoms with van der Waals surface area (Å²) in [6.07, 6.45) is 3.72. The highest BCUT2D eigenvalue weighted by atomic mass is 35.5. The highest BCUT2D eigenvalue weighted by molar-refractivity contribution is 6.32. The van der Waals surface area contributed by atoms with Gasteiger partial charge in [0.2, 0.25) is 0 Å². The molecule has 0 radical (unpaired) electrons. The van der Waals surface area contributed by atoms with E-state index in [0.717, 1.165) is 43.5 Å². The molecule has 1 aliphatic heterocycles. The average Bonchev–Trinajstić information content (AvgIpc) is 2.47. The van der Waals surface area contributed by atoms with Crippen LogP contribution in [0.25, 0.3) is 0 Å². The minimum Gasteiger partial charge on any atom is -0.486 e. The van der Waals surface area contributed by atoms with Crippen LogP contribution in [0.2, 0.25) is 5.02 Å². The molecule has 2 N–H and O–H groups in total. The zero-order valence-electron chi connectivity index (χ0n) is 11.4. The number of hydrogen-bond acceptors (Lipinski definition) is 4. The van der Waals surface area contributed by atoms with Gasteiger partial charge < -0.3 is 19.9 Å². The highest BCUT2D eigenvalue weighted by Crippen LogP contribution is 2.38. The molecule has 1 aliphatic carbocycles. The van der Waals surface area contributed by atoms with Crippen LogP contribution in [0.4, 0.5) is 0 Å². The van der Waals surface area contributed by atoms with E-state index in [9.17, 15) is 5.11 Å². The van der Waals surface area contributed by atoms with Gasteiger partial charge in [-0.05, 0) is 43.4 Å². The second-order valence-corrected chi connectivity index (χ2v) is 5.90. The van der Waals surface area contributed by atoms with Crippen molar-refractivity contribution in [2.75, 3.05) is 13.2 Å². The molecule has 2 aliphatic rings. The summed E-state index contributed by atoms with van der Waals surface area (Å²) in [5.41, 5.74) is 1.10. The van der Waals surface area contributed by atoms with E-state index in [4.69, 9.17) is 21.1 Å². The molecule has 0 saturated heterocycles. The number of benzene rings is 1. The lowest BCUT2D eigenvalue weighted by Crippen LogP contribution is -2.34. The number of fused-ring (bicyclic) bond motifs is 1. The van der Waals surface area contributed by atoms with Gasteiger partial charge in [-0.3, -0.25) is 0 Å². The first kappa shape index (κ1) is 14.0. The van der Waals surface area contributed by atoms with Crippen molar-refractivity contribution in [3.05, 3.63) is 22.7 Å². The van der Waals surface area contributed by atoms with Gasteiger partial charge in [0, 0.05) is 12.6 Å². The van der Waals surface area contributed by atoms with Crippen molar-refractivity contribution in [1.82, 2.24) is 5.32 Å². The summed E-state index contributed by atoms with van der Waals surface area (Å²) in [6, 6.07) is 4.40. The predicted octanol–water partition coefficient (Wildman–Crippen LogP) is 2.50. The Morgan fingerprint density at radius 3 is 2.70 bits per heavy atom. The number of hydrogen-bond donors (Lipinski definition) is 2. The molecular formula is C15H20ClNO3. The Morgan fingerprint density at radius 2 is 1.90 bits per heavy atom. The predicted molar refractivity (Wildman–Crippen MR) is 77.5 cm³/mol. The van der Waals surface area contributed by atoms with Crippen LogP contribution in [0, 0.1) is 0 Å². The molecule has 110 valence electrons. The van der Waals surface area contributed by atoms with Crippen LogP contribution in [-0.4, -0.2) is 30.5 Å². The summed E-state index contributed by atoms with van der Waals surface area (Å²) in [7, 11) is 0. The van der Waals surface area contributed by atoms with Gasteiger partial charge >= 0.3 is 0 Å². The molecule has 0 spiro atoms.